The van der Waals surface area contributed by atoms with Gasteiger partial charge in [0.2, 0.25) is 0 Å². The van der Waals surface area contributed by atoms with E-state index in [-0.39, 0.29) is 6.61 Å². The average Bonchev–Trinajstić information content (AvgIpc) is 2.46. The van der Waals surface area contributed by atoms with Crippen LogP contribution >= 0.6 is 15.9 Å². The predicted molar refractivity (Wildman–Crippen MR) is 90.0 cm³/mol. The molecular weight excluding hydrogens is 330 g/mol. The lowest BCUT2D eigenvalue weighted by Gasteiger charge is -2.14. The standard InChI is InChI=1S/C17H20BrNO2/c1-12-4-3-5-16(8-12)21-11-15(20)10-19-14-7-6-13(2)17(18)9-14/h3-9,15,19-20H,10-11H2,1-2H3. The summed E-state index contributed by atoms with van der Waals surface area (Å²) in [5.41, 5.74) is 3.30. The summed E-state index contributed by atoms with van der Waals surface area (Å²) in [6.07, 6.45) is -0.564. The molecule has 4 heteroatoms. The average molecular weight is 350 g/mol. The van der Waals surface area contributed by atoms with E-state index in [9.17, 15) is 5.11 Å². The highest BCUT2D eigenvalue weighted by Crippen LogP contribution is 2.20. The van der Waals surface area contributed by atoms with Gasteiger partial charge in [-0.1, -0.05) is 34.1 Å². The maximum atomic E-state index is 9.97. The number of benzene rings is 2. The number of anilines is 1. The first-order valence-electron chi connectivity index (χ1n) is 6.92. The van der Waals surface area contributed by atoms with Crippen LogP contribution in [0.15, 0.2) is 46.9 Å². The van der Waals surface area contributed by atoms with Crippen molar-refractivity contribution < 1.29 is 9.84 Å². The van der Waals surface area contributed by atoms with Gasteiger partial charge in [-0.15, -0.1) is 0 Å². The lowest BCUT2D eigenvalue weighted by Crippen LogP contribution is -2.26. The number of aliphatic hydroxyl groups is 1. The Balaban J connectivity index is 1.79. The molecule has 0 aliphatic rings. The highest BCUT2D eigenvalue weighted by molar-refractivity contribution is 9.10. The molecule has 0 fully saturated rings. The minimum absolute atomic E-state index is 0.267. The van der Waals surface area contributed by atoms with Crippen molar-refractivity contribution in [3.8, 4) is 5.75 Å². The van der Waals surface area contributed by atoms with E-state index >= 15 is 0 Å². The van der Waals surface area contributed by atoms with Crippen LogP contribution in [0.2, 0.25) is 0 Å². The molecule has 0 amide bonds. The van der Waals surface area contributed by atoms with Gasteiger partial charge in [-0.2, -0.15) is 0 Å². The number of ether oxygens (including phenoxy) is 1. The van der Waals surface area contributed by atoms with Crippen molar-refractivity contribution in [2.45, 2.75) is 20.0 Å². The third-order valence-corrected chi connectivity index (χ3v) is 4.00. The summed E-state index contributed by atoms with van der Waals surface area (Å²) >= 11 is 3.49. The van der Waals surface area contributed by atoms with E-state index in [2.05, 4.69) is 21.2 Å². The minimum atomic E-state index is -0.564. The molecule has 0 saturated carbocycles. The number of aryl methyl sites for hydroxylation is 2. The summed E-state index contributed by atoms with van der Waals surface area (Å²) in [6.45, 7) is 4.77. The molecule has 1 atom stereocenters. The molecule has 112 valence electrons. The fourth-order valence-corrected chi connectivity index (χ4v) is 2.27. The number of nitrogens with one attached hydrogen (secondary N) is 1. The lowest BCUT2D eigenvalue weighted by molar-refractivity contribution is 0.117. The molecule has 2 aromatic rings. The van der Waals surface area contributed by atoms with Crippen LogP contribution in [-0.4, -0.2) is 24.4 Å². The van der Waals surface area contributed by atoms with Crippen LogP contribution in [0, 0.1) is 13.8 Å². The second-order valence-electron chi connectivity index (χ2n) is 5.13. The van der Waals surface area contributed by atoms with Gasteiger partial charge in [0.05, 0.1) is 0 Å². The van der Waals surface area contributed by atoms with Crippen LogP contribution < -0.4 is 10.1 Å². The SMILES string of the molecule is Cc1cccc(OCC(O)CNc2ccc(C)c(Br)c2)c1. The molecule has 0 heterocycles. The lowest BCUT2D eigenvalue weighted by atomic mass is 10.2. The molecule has 0 aromatic heterocycles. The molecule has 3 nitrogen and oxygen atoms in total. The Hall–Kier alpha value is -1.52. The van der Waals surface area contributed by atoms with Gasteiger partial charge < -0.3 is 15.2 Å². The first-order chi connectivity index (χ1) is 10.0. The Labute approximate surface area is 134 Å². The largest absolute Gasteiger partial charge is 0.491 e. The fourth-order valence-electron chi connectivity index (χ4n) is 1.89. The fraction of sp³-hybridized carbons (Fsp3) is 0.294. The molecule has 0 aliphatic carbocycles. The summed E-state index contributed by atoms with van der Waals surface area (Å²) in [5.74, 6) is 0.784. The molecule has 0 spiro atoms. The van der Waals surface area contributed by atoms with Gasteiger partial charge in [0.25, 0.3) is 0 Å². The van der Waals surface area contributed by atoms with E-state index in [0.717, 1.165) is 21.5 Å². The Morgan fingerprint density at radius 3 is 2.71 bits per heavy atom. The van der Waals surface area contributed by atoms with Crippen LogP contribution in [0.1, 0.15) is 11.1 Å². The first-order valence-corrected chi connectivity index (χ1v) is 7.71. The van der Waals surface area contributed by atoms with Gasteiger partial charge in [0.1, 0.15) is 18.5 Å². The van der Waals surface area contributed by atoms with E-state index in [1.165, 1.54) is 5.56 Å². The van der Waals surface area contributed by atoms with Crippen molar-refractivity contribution in [1.29, 1.82) is 0 Å². The van der Waals surface area contributed by atoms with Crippen LogP contribution in [0.25, 0.3) is 0 Å². The van der Waals surface area contributed by atoms with Crippen LogP contribution in [0.5, 0.6) is 5.75 Å². The zero-order valence-electron chi connectivity index (χ0n) is 12.3. The zero-order valence-corrected chi connectivity index (χ0v) is 13.9. The molecule has 2 aromatic carbocycles. The Morgan fingerprint density at radius 2 is 2.00 bits per heavy atom. The highest BCUT2D eigenvalue weighted by Gasteiger charge is 2.06. The van der Waals surface area contributed by atoms with E-state index in [4.69, 9.17) is 4.74 Å². The van der Waals surface area contributed by atoms with Crippen molar-refractivity contribution in [2.75, 3.05) is 18.5 Å². The zero-order chi connectivity index (χ0) is 15.2. The van der Waals surface area contributed by atoms with Crippen LogP contribution in [0.3, 0.4) is 0 Å². The van der Waals surface area contributed by atoms with E-state index in [0.29, 0.717) is 6.54 Å². The Kier molecular flexibility index (Phi) is 5.65. The quantitative estimate of drug-likeness (QED) is 0.830. The van der Waals surface area contributed by atoms with E-state index in [1.807, 2.05) is 56.3 Å². The van der Waals surface area contributed by atoms with Crippen molar-refractivity contribution in [3.05, 3.63) is 58.1 Å². The second-order valence-corrected chi connectivity index (χ2v) is 5.98. The van der Waals surface area contributed by atoms with Crippen molar-refractivity contribution in [1.82, 2.24) is 0 Å². The number of hydrogen-bond donors (Lipinski definition) is 2. The molecule has 0 aliphatic heterocycles. The normalized spacial score (nSPS) is 12.0. The summed E-state index contributed by atoms with van der Waals surface area (Å²) in [6, 6.07) is 13.8. The van der Waals surface area contributed by atoms with Crippen LogP contribution in [0.4, 0.5) is 5.69 Å². The molecule has 21 heavy (non-hydrogen) atoms. The van der Waals surface area contributed by atoms with E-state index < -0.39 is 6.10 Å². The minimum Gasteiger partial charge on any atom is -0.491 e. The molecule has 2 rings (SSSR count). The Bertz CT molecular complexity index is 601. The maximum absolute atomic E-state index is 9.97. The number of aliphatic hydroxyl groups excluding tert-OH is 1. The summed E-state index contributed by atoms with van der Waals surface area (Å²) in [5, 5.41) is 13.2. The van der Waals surface area contributed by atoms with Crippen molar-refractivity contribution in [2.24, 2.45) is 0 Å². The third kappa shape index (κ3) is 5.06. The van der Waals surface area contributed by atoms with Gasteiger partial charge in [0.15, 0.2) is 0 Å². The highest BCUT2D eigenvalue weighted by atomic mass is 79.9. The first kappa shape index (κ1) is 15.9. The smallest absolute Gasteiger partial charge is 0.119 e. The molecule has 0 bridgehead atoms. The van der Waals surface area contributed by atoms with Gasteiger partial charge >= 0.3 is 0 Å². The summed E-state index contributed by atoms with van der Waals surface area (Å²) in [4.78, 5) is 0. The summed E-state index contributed by atoms with van der Waals surface area (Å²) < 4.78 is 6.63. The van der Waals surface area contributed by atoms with Gasteiger partial charge in [-0.05, 0) is 49.2 Å². The molecule has 0 saturated heterocycles. The summed E-state index contributed by atoms with van der Waals surface area (Å²) in [7, 11) is 0. The van der Waals surface area contributed by atoms with Gasteiger partial charge in [-0.25, -0.2) is 0 Å². The number of hydrogen-bond acceptors (Lipinski definition) is 3. The van der Waals surface area contributed by atoms with Gasteiger partial charge in [-0.3, -0.25) is 0 Å². The van der Waals surface area contributed by atoms with E-state index in [1.54, 1.807) is 0 Å². The van der Waals surface area contributed by atoms with Crippen molar-refractivity contribution >= 4 is 21.6 Å². The van der Waals surface area contributed by atoms with Crippen molar-refractivity contribution in [3.63, 3.8) is 0 Å². The third-order valence-electron chi connectivity index (χ3n) is 3.15. The predicted octanol–water partition coefficient (Wildman–Crippen LogP) is 3.92. The topological polar surface area (TPSA) is 41.5 Å². The monoisotopic (exact) mass is 349 g/mol. The van der Waals surface area contributed by atoms with Crippen LogP contribution in [-0.2, 0) is 0 Å². The molecular formula is C17H20BrNO2. The Morgan fingerprint density at radius 1 is 1.19 bits per heavy atom. The number of halogens is 1. The maximum Gasteiger partial charge on any atom is 0.119 e. The van der Waals surface area contributed by atoms with Gasteiger partial charge in [0, 0.05) is 16.7 Å². The number of rotatable bonds is 6. The second kappa shape index (κ2) is 7.48. The molecule has 1 unspecified atom stereocenters. The molecule has 2 N–H and O–H groups in total. The molecule has 0 radical (unpaired) electrons.